The van der Waals surface area contributed by atoms with Crippen molar-refractivity contribution in [1.82, 2.24) is 4.90 Å². The van der Waals surface area contributed by atoms with Crippen molar-refractivity contribution in [1.29, 1.82) is 0 Å². The van der Waals surface area contributed by atoms with E-state index in [2.05, 4.69) is 15.9 Å². The Morgan fingerprint density at radius 3 is 2.67 bits per heavy atom. The standard InChI is InChI=1S/C13H14BrN3O4/c1-13(12(15)19)5-6-16(7-13)11(18)8-3-2-4-9(10(8)14)17(20)21/h2-4H,5-7H2,1H3,(H2,15,19). The summed E-state index contributed by atoms with van der Waals surface area (Å²) in [5.41, 5.74) is 4.64. The van der Waals surface area contributed by atoms with Crippen LogP contribution in [0.4, 0.5) is 5.69 Å². The molecule has 1 atom stereocenters. The molecule has 1 fully saturated rings. The lowest BCUT2D eigenvalue weighted by Crippen LogP contribution is -2.38. The molecule has 0 saturated carbocycles. The molecule has 2 N–H and O–H groups in total. The molecule has 7 nitrogen and oxygen atoms in total. The van der Waals surface area contributed by atoms with Crippen molar-refractivity contribution in [3.8, 4) is 0 Å². The normalized spacial score (nSPS) is 21.3. The average Bonchev–Trinajstić information content (AvgIpc) is 2.82. The number of nitrogens with two attached hydrogens (primary N) is 1. The van der Waals surface area contributed by atoms with Gasteiger partial charge in [0.1, 0.15) is 4.47 Å². The van der Waals surface area contributed by atoms with Crippen molar-refractivity contribution < 1.29 is 14.5 Å². The van der Waals surface area contributed by atoms with Gasteiger partial charge in [0, 0.05) is 19.2 Å². The molecular formula is C13H14BrN3O4. The summed E-state index contributed by atoms with van der Waals surface area (Å²) in [6, 6.07) is 4.29. The molecule has 2 rings (SSSR count). The number of carbonyl (C=O) groups is 2. The molecule has 1 aromatic rings. The van der Waals surface area contributed by atoms with Crippen LogP contribution >= 0.6 is 15.9 Å². The topological polar surface area (TPSA) is 107 Å². The van der Waals surface area contributed by atoms with Crippen molar-refractivity contribution in [2.24, 2.45) is 11.1 Å². The number of nitro groups is 1. The quantitative estimate of drug-likeness (QED) is 0.657. The van der Waals surface area contributed by atoms with E-state index >= 15 is 0 Å². The first kappa shape index (κ1) is 15.4. The molecule has 0 radical (unpaired) electrons. The van der Waals surface area contributed by atoms with Crippen molar-refractivity contribution in [2.45, 2.75) is 13.3 Å². The first-order valence-corrected chi connectivity index (χ1v) is 7.07. The first-order chi connectivity index (χ1) is 9.76. The predicted molar refractivity (Wildman–Crippen MR) is 78.6 cm³/mol. The zero-order valence-corrected chi connectivity index (χ0v) is 12.9. The fraction of sp³-hybridized carbons (Fsp3) is 0.385. The molecule has 112 valence electrons. The third-order valence-corrected chi connectivity index (χ3v) is 4.59. The fourth-order valence-electron chi connectivity index (χ4n) is 2.33. The minimum absolute atomic E-state index is 0.146. The molecule has 8 heteroatoms. The monoisotopic (exact) mass is 355 g/mol. The van der Waals surface area contributed by atoms with Gasteiger partial charge >= 0.3 is 0 Å². The molecule has 1 aliphatic rings. The Kier molecular flexibility index (Phi) is 3.99. The van der Waals surface area contributed by atoms with E-state index in [0.717, 1.165) is 0 Å². The summed E-state index contributed by atoms with van der Waals surface area (Å²) in [6.45, 7) is 2.33. The molecule has 1 heterocycles. The molecule has 1 aliphatic heterocycles. The van der Waals surface area contributed by atoms with Gasteiger partial charge in [-0.05, 0) is 35.3 Å². The Hall–Kier alpha value is -1.96. The van der Waals surface area contributed by atoms with E-state index < -0.39 is 16.2 Å². The molecule has 1 saturated heterocycles. The van der Waals surface area contributed by atoms with Crippen molar-refractivity contribution in [3.05, 3.63) is 38.3 Å². The lowest BCUT2D eigenvalue weighted by atomic mass is 9.89. The summed E-state index contributed by atoms with van der Waals surface area (Å²) in [5.74, 6) is -0.800. The highest BCUT2D eigenvalue weighted by atomic mass is 79.9. The van der Waals surface area contributed by atoms with Gasteiger partial charge in [0.25, 0.3) is 11.6 Å². The van der Waals surface area contributed by atoms with Crippen LogP contribution in [-0.2, 0) is 4.79 Å². The Balaban J connectivity index is 2.29. The van der Waals surface area contributed by atoms with Gasteiger partial charge in [0.05, 0.1) is 15.9 Å². The number of rotatable bonds is 3. The van der Waals surface area contributed by atoms with Gasteiger partial charge in [-0.25, -0.2) is 0 Å². The van der Waals surface area contributed by atoms with Gasteiger partial charge in [0.15, 0.2) is 0 Å². The smallest absolute Gasteiger partial charge is 0.284 e. The maximum atomic E-state index is 12.5. The summed E-state index contributed by atoms with van der Waals surface area (Å²) in [6.07, 6.45) is 0.487. The Labute approximate surface area is 129 Å². The Morgan fingerprint density at radius 2 is 2.14 bits per heavy atom. The summed E-state index contributed by atoms with van der Waals surface area (Å²) in [7, 11) is 0. The highest BCUT2D eigenvalue weighted by molar-refractivity contribution is 9.10. The van der Waals surface area contributed by atoms with Crippen LogP contribution in [0.15, 0.2) is 22.7 Å². The summed E-state index contributed by atoms with van der Waals surface area (Å²) in [5, 5.41) is 10.9. The third-order valence-electron chi connectivity index (χ3n) is 3.76. The molecule has 1 unspecified atom stereocenters. The predicted octanol–water partition coefficient (Wildman–Crippen LogP) is 1.69. The SMILES string of the molecule is CC1(C(N)=O)CCN(C(=O)c2cccc([N+](=O)[O-])c2Br)C1. The van der Waals surface area contributed by atoms with Crippen molar-refractivity contribution >= 4 is 33.4 Å². The maximum Gasteiger partial charge on any atom is 0.284 e. The third kappa shape index (κ3) is 2.76. The second kappa shape index (κ2) is 5.44. The first-order valence-electron chi connectivity index (χ1n) is 6.28. The number of carbonyl (C=O) groups excluding carboxylic acids is 2. The molecule has 0 bridgehead atoms. The Morgan fingerprint density at radius 1 is 1.48 bits per heavy atom. The minimum Gasteiger partial charge on any atom is -0.369 e. The highest BCUT2D eigenvalue weighted by Crippen LogP contribution is 2.33. The molecule has 0 aromatic heterocycles. The number of primary amides is 1. The second-order valence-corrected chi connectivity index (χ2v) is 6.09. The number of nitrogens with zero attached hydrogens (tertiary/aromatic N) is 2. The lowest BCUT2D eigenvalue weighted by molar-refractivity contribution is -0.385. The molecule has 0 aliphatic carbocycles. The summed E-state index contributed by atoms with van der Waals surface area (Å²) in [4.78, 5) is 35.7. The highest BCUT2D eigenvalue weighted by Gasteiger charge is 2.41. The van der Waals surface area contributed by atoms with E-state index in [4.69, 9.17) is 5.73 Å². The van der Waals surface area contributed by atoms with Gasteiger partial charge in [0.2, 0.25) is 5.91 Å². The summed E-state index contributed by atoms with van der Waals surface area (Å²) < 4.78 is 0.146. The minimum atomic E-state index is -0.747. The van der Waals surface area contributed by atoms with Crippen LogP contribution in [0.2, 0.25) is 0 Å². The molecule has 1 aromatic carbocycles. The number of hydrogen-bond acceptors (Lipinski definition) is 4. The van der Waals surface area contributed by atoms with E-state index in [-0.39, 0.29) is 28.2 Å². The molecule has 21 heavy (non-hydrogen) atoms. The number of halogens is 1. The largest absolute Gasteiger partial charge is 0.369 e. The number of benzene rings is 1. The van der Waals surface area contributed by atoms with E-state index in [1.54, 1.807) is 6.92 Å². The fourth-order valence-corrected chi connectivity index (χ4v) is 2.91. The lowest BCUT2D eigenvalue weighted by Gasteiger charge is -2.21. The van der Waals surface area contributed by atoms with E-state index in [1.165, 1.54) is 23.1 Å². The van der Waals surface area contributed by atoms with Gasteiger partial charge in [-0.1, -0.05) is 6.07 Å². The van der Waals surface area contributed by atoms with Gasteiger partial charge < -0.3 is 10.6 Å². The van der Waals surface area contributed by atoms with E-state index in [9.17, 15) is 19.7 Å². The zero-order chi connectivity index (χ0) is 15.8. The number of likely N-dealkylation sites (tertiary alicyclic amines) is 1. The van der Waals surface area contributed by atoms with Crippen LogP contribution in [0.1, 0.15) is 23.7 Å². The zero-order valence-electron chi connectivity index (χ0n) is 11.3. The maximum absolute atomic E-state index is 12.5. The number of nitro benzene ring substituents is 1. The summed E-state index contributed by atoms with van der Waals surface area (Å²) >= 11 is 3.11. The van der Waals surface area contributed by atoms with Gasteiger partial charge in [-0.3, -0.25) is 19.7 Å². The van der Waals surface area contributed by atoms with Crippen molar-refractivity contribution in [3.63, 3.8) is 0 Å². The van der Waals surface area contributed by atoms with Gasteiger partial charge in [-0.2, -0.15) is 0 Å². The van der Waals surface area contributed by atoms with Crippen LogP contribution in [0, 0.1) is 15.5 Å². The number of amides is 2. The van der Waals surface area contributed by atoms with Crippen LogP contribution in [0.3, 0.4) is 0 Å². The van der Waals surface area contributed by atoms with Gasteiger partial charge in [-0.15, -0.1) is 0 Å². The molecule has 0 spiro atoms. The Bertz CT molecular complexity index is 634. The van der Waals surface area contributed by atoms with Crippen LogP contribution in [0.5, 0.6) is 0 Å². The number of hydrogen-bond donors (Lipinski definition) is 1. The van der Waals surface area contributed by atoms with Crippen molar-refractivity contribution in [2.75, 3.05) is 13.1 Å². The second-order valence-electron chi connectivity index (χ2n) is 5.30. The van der Waals surface area contributed by atoms with E-state index in [0.29, 0.717) is 13.0 Å². The van der Waals surface area contributed by atoms with Crippen LogP contribution in [-0.4, -0.2) is 34.7 Å². The molecule has 2 amide bonds. The van der Waals surface area contributed by atoms with Crippen LogP contribution in [0.25, 0.3) is 0 Å². The van der Waals surface area contributed by atoms with Crippen LogP contribution < -0.4 is 5.73 Å². The average molecular weight is 356 g/mol. The molecular weight excluding hydrogens is 342 g/mol. The van der Waals surface area contributed by atoms with E-state index in [1.807, 2.05) is 0 Å².